The van der Waals surface area contributed by atoms with Gasteiger partial charge in [-0.1, -0.05) is 154 Å². The van der Waals surface area contributed by atoms with Gasteiger partial charge in [0.05, 0.1) is 96.0 Å². The van der Waals surface area contributed by atoms with Crippen molar-refractivity contribution >= 4 is 133 Å². The van der Waals surface area contributed by atoms with Crippen LogP contribution in [-0.2, 0) is 26.2 Å². The molecule has 0 aliphatic carbocycles. The molecule has 10 aromatic carbocycles. The van der Waals surface area contributed by atoms with E-state index in [-0.39, 0.29) is 28.4 Å². The van der Waals surface area contributed by atoms with Crippen molar-refractivity contribution in [2.24, 2.45) is 0 Å². The third-order valence-corrected chi connectivity index (χ3v) is 18.8. The lowest BCUT2D eigenvalue weighted by atomic mass is 9.90. The number of rotatable bonds is 18. The average Bonchev–Trinajstić information content (AvgIpc) is 1.65. The first kappa shape index (κ1) is 87.2. The number of aromatic amines is 2. The van der Waals surface area contributed by atoms with Crippen molar-refractivity contribution in [2.75, 3.05) is 50.5 Å². The van der Waals surface area contributed by atoms with E-state index in [0.717, 1.165) is 120 Å². The SMILES string of the molecule is CC(C)(O)C(C)(C)O.COc1ccc(CNc2cc(Br)ccc2N)cc1.COc1ccc(CNc2cc(Br)ccc2[N+](=O)[O-])cc1.COc1ccc(Cn2c(=O)[nH]c3ccc(-c4cnc(C)nc4)cc32)cc1.COc1ccc(Cn2c(=O)[nH]c3ccc(Br)cc32)cc1.Nc1cc(Br)ccc1[N+](=O)[O-].[B]c1ccc(C)cc1. The molecule has 0 aliphatic rings. The molecular formula is C82H85BBr4N12O12. The number of benzene rings is 10. The van der Waals surface area contributed by atoms with Gasteiger partial charge in [-0.2, -0.15) is 0 Å². The van der Waals surface area contributed by atoms with E-state index in [1.807, 2.05) is 190 Å². The number of imidazole rings is 2. The normalized spacial score (nSPS) is 10.6. The minimum atomic E-state index is -1.01. The molecule has 0 spiro atoms. The Hall–Kier alpha value is -11.1. The van der Waals surface area contributed by atoms with Crippen LogP contribution in [0.3, 0.4) is 0 Å². The molecule has 3 aromatic heterocycles. The van der Waals surface area contributed by atoms with Gasteiger partial charge in [0.25, 0.3) is 11.4 Å². The predicted molar refractivity (Wildman–Crippen MR) is 457 cm³/mol. The quantitative estimate of drug-likeness (QED) is 0.0171. The summed E-state index contributed by atoms with van der Waals surface area (Å²) in [5.41, 5.74) is 22.9. The highest BCUT2D eigenvalue weighted by molar-refractivity contribution is 9.11. The highest BCUT2D eigenvalue weighted by Gasteiger charge is 2.32. The van der Waals surface area contributed by atoms with E-state index in [0.29, 0.717) is 25.3 Å². The Kier molecular flexibility index (Phi) is 32.7. The third-order valence-electron chi connectivity index (χ3n) is 16.8. The van der Waals surface area contributed by atoms with Crippen molar-refractivity contribution in [1.82, 2.24) is 29.1 Å². The molecule has 0 amide bonds. The smallest absolute Gasteiger partial charge is 0.326 e. The number of ether oxygens (including phenoxy) is 4. The van der Waals surface area contributed by atoms with E-state index >= 15 is 0 Å². The van der Waals surface area contributed by atoms with Crippen LogP contribution in [-0.4, -0.2) is 96.6 Å². The number of hydrogen-bond donors (Lipinski definition) is 8. The second kappa shape index (κ2) is 41.6. The average molecular weight is 1760 g/mol. The van der Waals surface area contributed by atoms with Crippen LogP contribution in [0, 0.1) is 34.1 Å². The maximum Gasteiger partial charge on any atom is 0.326 e. The fourth-order valence-corrected chi connectivity index (χ4v) is 11.2. The van der Waals surface area contributed by atoms with Crippen molar-refractivity contribution in [2.45, 2.75) is 78.9 Å². The number of aryl methyl sites for hydroxylation is 2. The summed E-state index contributed by atoms with van der Waals surface area (Å²) in [7, 11) is 12.0. The van der Waals surface area contributed by atoms with Crippen LogP contribution in [0.1, 0.15) is 61.3 Å². The number of aliphatic hydroxyl groups is 2. The van der Waals surface area contributed by atoms with Crippen LogP contribution < -0.4 is 57.9 Å². The number of aromatic nitrogens is 6. The summed E-state index contributed by atoms with van der Waals surface area (Å²) in [4.78, 5) is 59.0. The Balaban J connectivity index is 0.000000186. The summed E-state index contributed by atoms with van der Waals surface area (Å²) in [5.74, 6) is 3.97. The van der Waals surface area contributed by atoms with Gasteiger partial charge in [-0.25, -0.2) is 19.6 Å². The number of halogens is 4. The zero-order valence-electron chi connectivity index (χ0n) is 62.6. The minimum Gasteiger partial charge on any atom is -0.497 e. The number of methoxy groups -OCH3 is 4. The number of fused-ring (bicyclic) bond motifs is 2. The molecule has 0 bridgehead atoms. The highest BCUT2D eigenvalue weighted by Crippen LogP contribution is 2.31. The maximum atomic E-state index is 12.4. The number of nitrogens with two attached hydrogens (primary N) is 2. The molecule has 0 atom stereocenters. The summed E-state index contributed by atoms with van der Waals surface area (Å²) in [6.45, 7) is 12.4. The molecule has 13 rings (SSSR count). The Morgan fingerprint density at radius 3 is 1.25 bits per heavy atom. The summed E-state index contributed by atoms with van der Waals surface area (Å²) in [6.07, 6.45) is 3.59. The van der Waals surface area contributed by atoms with Gasteiger partial charge in [0.1, 0.15) is 48.0 Å². The molecule has 2 radical (unpaired) electrons. The lowest BCUT2D eigenvalue weighted by Crippen LogP contribution is -2.44. The molecule has 0 aliphatic heterocycles. The number of nitro benzene ring substituents is 2. The minimum absolute atomic E-state index is 0.0571. The first-order valence-corrected chi connectivity index (χ1v) is 37.3. The highest BCUT2D eigenvalue weighted by atomic mass is 79.9. The van der Waals surface area contributed by atoms with Crippen LogP contribution in [0.25, 0.3) is 33.2 Å². The number of nitrogens with zero attached hydrogens (tertiary/aromatic N) is 6. The fourth-order valence-electron chi connectivity index (χ4n) is 9.77. The van der Waals surface area contributed by atoms with Crippen LogP contribution in [0.4, 0.5) is 34.1 Å². The second-order valence-corrected chi connectivity index (χ2v) is 29.3. The first-order valence-electron chi connectivity index (χ1n) is 34.1. The van der Waals surface area contributed by atoms with Gasteiger partial charge in [0, 0.05) is 61.1 Å². The van der Waals surface area contributed by atoms with Crippen molar-refractivity contribution < 1.29 is 39.0 Å². The maximum absolute atomic E-state index is 12.4. The number of H-pyrrole nitrogens is 2. The Morgan fingerprint density at radius 1 is 0.468 bits per heavy atom. The van der Waals surface area contributed by atoms with Gasteiger partial charge >= 0.3 is 11.4 Å². The number of nitro groups is 2. The zero-order valence-corrected chi connectivity index (χ0v) is 68.9. The number of hydrogen-bond acceptors (Lipinski definition) is 18. The summed E-state index contributed by atoms with van der Waals surface area (Å²) < 4.78 is 27.5. The zero-order chi connectivity index (χ0) is 81.1. The molecule has 111 heavy (non-hydrogen) atoms. The standard InChI is InChI=1S/C20H18N4O2.C15H13BrN2O2.C14H13BrN2O3.C14H15BrN2O.C7H7B.C6H5BrN2O2.C6H14O2/c1-13-21-10-16(11-22-13)15-5-8-18-19(9-15)24(20(25)23-18)12-14-3-6-17(26-2)7-4-14;1-20-12-5-2-10(3-6-12)9-18-14-8-11(16)4-7-13(14)17-15(18)19;1-20-12-5-2-10(3-6-12)9-16-13-8-11(15)4-7-14(13)17(18)19;1-18-12-5-2-10(3-6-12)9-17-14-8-11(15)4-7-13(14)16;1-6-2-4-7(8)5-3-6;7-4-1-2-6(9(10)11)5(8)3-4;1-5(2,7)6(3,4)8/h3-11H,12H2,1-2H3,(H,23,25);2-8H,9H2,1H3,(H,17,19);2-8,16H,9H2,1H3;2-8,17H,9,16H2,1H3;2-5H,1H3;1-3H,8H2;7-8H,1-4H3. The molecule has 10 N–H and O–H groups in total. The molecular weight excluding hydrogens is 1680 g/mol. The van der Waals surface area contributed by atoms with Gasteiger partial charge in [-0.05, 0) is 191 Å². The molecule has 576 valence electrons. The van der Waals surface area contributed by atoms with Gasteiger partial charge in [0.2, 0.25) is 0 Å². The molecule has 0 fully saturated rings. The second-order valence-electron chi connectivity index (χ2n) is 25.7. The lowest BCUT2D eigenvalue weighted by molar-refractivity contribution is -0.384. The Bertz CT molecular complexity index is 5280. The van der Waals surface area contributed by atoms with Crippen LogP contribution in [0.5, 0.6) is 23.0 Å². The van der Waals surface area contributed by atoms with Crippen LogP contribution in [0.15, 0.2) is 252 Å². The van der Waals surface area contributed by atoms with Crippen LogP contribution in [0.2, 0.25) is 0 Å². The van der Waals surface area contributed by atoms with E-state index in [4.69, 9.17) is 48.5 Å². The predicted octanol–water partition coefficient (Wildman–Crippen LogP) is 17.2. The largest absolute Gasteiger partial charge is 0.497 e. The van der Waals surface area contributed by atoms with Crippen molar-refractivity contribution in [3.63, 3.8) is 0 Å². The Morgan fingerprint density at radius 2 is 0.838 bits per heavy atom. The van der Waals surface area contributed by atoms with E-state index in [1.165, 1.54) is 29.3 Å². The van der Waals surface area contributed by atoms with Gasteiger partial charge in [-0.3, -0.25) is 29.4 Å². The number of anilines is 4. The lowest BCUT2D eigenvalue weighted by Gasteiger charge is -2.31. The molecule has 13 aromatic rings. The summed E-state index contributed by atoms with van der Waals surface area (Å²) in [6, 6.07) is 65.3. The van der Waals surface area contributed by atoms with E-state index < -0.39 is 21.0 Å². The number of nitrogen functional groups attached to an aromatic ring is 2. The topological polar surface area (TPSA) is 341 Å². The van der Waals surface area contributed by atoms with Gasteiger partial charge in [0.15, 0.2) is 0 Å². The molecule has 0 saturated heterocycles. The third kappa shape index (κ3) is 27.2. The van der Waals surface area contributed by atoms with E-state index in [2.05, 4.69) is 94.3 Å². The molecule has 24 nitrogen and oxygen atoms in total. The molecule has 29 heteroatoms. The fraction of sp³-hybridized carbons (Fsp3) is 0.195. The van der Waals surface area contributed by atoms with E-state index in [9.17, 15) is 29.8 Å². The molecule has 0 saturated carbocycles. The summed E-state index contributed by atoms with van der Waals surface area (Å²) >= 11 is 13.3. The van der Waals surface area contributed by atoms with Crippen molar-refractivity contribution in [1.29, 1.82) is 0 Å². The number of nitrogens with one attached hydrogen (secondary N) is 4. The van der Waals surface area contributed by atoms with Crippen LogP contribution >= 0.6 is 63.7 Å². The first-order chi connectivity index (χ1) is 52.7. The summed E-state index contributed by atoms with van der Waals surface area (Å²) in [5, 5.41) is 45.8. The molecule has 0 unspecified atom stereocenters. The molecule has 3 heterocycles. The monoisotopic (exact) mass is 1760 g/mol. The van der Waals surface area contributed by atoms with Crippen molar-refractivity contribution in [3.05, 3.63) is 317 Å². The van der Waals surface area contributed by atoms with E-state index in [1.54, 1.807) is 95.9 Å². The Labute approximate surface area is 677 Å². The van der Waals surface area contributed by atoms with Gasteiger partial charge < -0.3 is 61.2 Å². The van der Waals surface area contributed by atoms with Gasteiger partial charge in [-0.15, -0.1) is 0 Å². The van der Waals surface area contributed by atoms with Crippen molar-refractivity contribution in [3.8, 4) is 34.1 Å².